The van der Waals surface area contributed by atoms with Crippen molar-refractivity contribution in [3.05, 3.63) is 29.8 Å². The van der Waals surface area contributed by atoms with E-state index in [9.17, 15) is 9.59 Å². The number of nitrogens with one attached hydrogen (secondary N) is 1. The molecule has 1 N–H and O–H groups in total. The Kier molecular flexibility index (Phi) is 5.75. The summed E-state index contributed by atoms with van der Waals surface area (Å²) in [5.74, 6) is 0.676. The lowest BCUT2D eigenvalue weighted by Gasteiger charge is -2.49. The van der Waals surface area contributed by atoms with Gasteiger partial charge in [-0.3, -0.25) is 9.69 Å². The molecule has 2 aliphatic heterocycles. The molecule has 0 bridgehead atoms. The Hall–Kier alpha value is -2.08. The average Bonchev–Trinajstić information content (AvgIpc) is 2.79. The van der Waals surface area contributed by atoms with E-state index in [1.807, 2.05) is 29.0 Å². The Balaban J connectivity index is 1.67. The van der Waals surface area contributed by atoms with Gasteiger partial charge in [-0.1, -0.05) is 26.0 Å². The van der Waals surface area contributed by atoms with E-state index in [1.54, 1.807) is 0 Å². The van der Waals surface area contributed by atoms with Crippen LogP contribution in [0.1, 0.15) is 44.6 Å². The Morgan fingerprint density at radius 2 is 1.78 bits per heavy atom. The molecule has 0 radical (unpaired) electrons. The molecule has 2 aliphatic rings. The van der Waals surface area contributed by atoms with Gasteiger partial charge in [0.1, 0.15) is 0 Å². The topological polar surface area (TPSA) is 55.9 Å². The van der Waals surface area contributed by atoms with E-state index in [2.05, 4.69) is 43.2 Å². The van der Waals surface area contributed by atoms with Gasteiger partial charge in [0.25, 0.3) is 0 Å². The van der Waals surface area contributed by atoms with Gasteiger partial charge in [-0.2, -0.15) is 0 Å². The van der Waals surface area contributed by atoms with E-state index in [-0.39, 0.29) is 17.5 Å². The molecule has 6 nitrogen and oxygen atoms in total. The summed E-state index contributed by atoms with van der Waals surface area (Å²) in [7, 11) is 3.99. The van der Waals surface area contributed by atoms with Gasteiger partial charge in [-0.25, -0.2) is 4.79 Å². The van der Waals surface area contributed by atoms with Crippen molar-refractivity contribution in [3.8, 4) is 0 Å². The SMILES string of the molecule is CC(C)c1ccc(NC(=O)N2CCN(C)C3(CCC(=O)N(C)CC3)C2)cc1. The molecule has 2 saturated heterocycles. The maximum Gasteiger partial charge on any atom is 0.321 e. The minimum atomic E-state index is -0.114. The molecular formula is C21H32N4O2. The van der Waals surface area contributed by atoms with E-state index >= 15 is 0 Å². The number of amides is 3. The minimum Gasteiger partial charge on any atom is -0.346 e. The third-order valence-corrected chi connectivity index (χ3v) is 6.26. The number of benzene rings is 1. The van der Waals surface area contributed by atoms with Crippen molar-refractivity contribution >= 4 is 17.6 Å². The molecule has 148 valence electrons. The van der Waals surface area contributed by atoms with Gasteiger partial charge < -0.3 is 15.1 Å². The van der Waals surface area contributed by atoms with Crippen LogP contribution in [0.25, 0.3) is 0 Å². The second-order valence-corrected chi connectivity index (χ2v) is 8.34. The highest BCUT2D eigenvalue weighted by atomic mass is 16.2. The molecule has 0 saturated carbocycles. The third-order valence-electron chi connectivity index (χ3n) is 6.26. The van der Waals surface area contributed by atoms with Crippen LogP contribution >= 0.6 is 0 Å². The molecule has 2 heterocycles. The van der Waals surface area contributed by atoms with Crippen molar-refractivity contribution in [2.45, 2.75) is 44.6 Å². The maximum atomic E-state index is 12.9. The molecule has 1 unspecified atom stereocenters. The summed E-state index contributed by atoms with van der Waals surface area (Å²) in [6.07, 6.45) is 2.26. The first-order chi connectivity index (χ1) is 12.8. The molecule has 0 aliphatic carbocycles. The first-order valence-electron chi connectivity index (χ1n) is 9.92. The van der Waals surface area contributed by atoms with Crippen LogP contribution < -0.4 is 5.32 Å². The van der Waals surface area contributed by atoms with E-state index < -0.39 is 0 Å². The lowest BCUT2D eigenvalue weighted by atomic mass is 9.86. The van der Waals surface area contributed by atoms with Crippen LogP contribution in [-0.4, -0.2) is 72.5 Å². The maximum absolute atomic E-state index is 12.9. The lowest BCUT2D eigenvalue weighted by Crippen LogP contribution is -2.62. The van der Waals surface area contributed by atoms with Crippen molar-refractivity contribution in [2.24, 2.45) is 0 Å². The zero-order valence-electron chi connectivity index (χ0n) is 17.0. The van der Waals surface area contributed by atoms with Crippen LogP contribution in [0.3, 0.4) is 0 Å². The Morgan fingerprint density at radius 1 is 1.07 bits per heavy atom. The summed E-state index contributed by atoms with van der Waals surface area (Å²) < 4.78 is 0. The van der Waals surface area contributed by atoms with Gasteiger partial charge in [0.2, 0.25) is 5.91 Å². The molecule has 0 aromatic heterocycles. The second kappa shape index (κ2) is 7.89. The van der Waals surface area contributed by atoms with Crippen LogP contribution in [0, 0.1) is 0 Å². The molecule has 3 amide bonds. The molecule has 6 heteroatoms. The minimum absolute atomic E-state index is 0.0521. The van der Waals surface area contributed by atoms with Crippen molar-refractivity contribution in [1.29, 1.82) is 0 Å². The predicted octanol–water partition coefficient (Wildman–Crippen LogP) is 2.97. The lowest BCUT2D eigenvalue weighted by molar-refractivity contribution is -0.129. The summed E-state index contributed by atoms with van der Waals surface area (Å²) in [6.45, 7) is 7.27. The van der Waals surface area contributed by atoms with Gasteiger partial charge in [-0.05, 0) is 43.5 Å². The largest absolute Gasteiger partial charge is 0.346 e. The van der Waals surface area contributed by atoms with E-state index in [1.165, 1.54) is 5.56 Å². The van der Waals surface area contributed by atoms with E-state index in [0.29, 0.717) is 25.4 Å². The monoisotopic (exact) mass is 372 g/mol. The second-order valence-electron chi connectivity index (χ2n) is 8.34. The number of urea groups is 1. The van der Waals surface area contributed by atoms with Crippen molar-refractivity contribution in [2.75, 3.05) is 45.6 Å². The van der Waals surface area contributed by atoms with Crippen LogP contribution in [0.15, 0.2) is 24.3 Å². The summed E-state index contributed by atoms with van der Waals surface area (Å²) in [5, 5.41) is 3.04. The fourth-order valence-corrected chi connectivity index (χ4v) is 4.09. The number of carbonyl (C=O) groups excluding carboxylic acids is 2. The molecule has 2 fully saturated rings. The van der Waals surface area contributed by atoms with Crippen molar-refractivity contribution in [3.63, 3.8) is 0 Å². The average molecular weight is 373 g/mol. The number of anilines is 1. The number of rotatable bonds is 2. The zero-order valence-corrected chi connectivity index (χ0v) is 17.0. The Bertz CT molecular complexity index is 688. The standard InChI is InChI=1S/C21H32N4O2/c1-16(2)17-5-7-18(8-6-17)22-20(27)25-14-13-24(4)21(15-25)10-9-19(26)23(3)12-11-21/h5-8,16H,9-15H2,1-4H3,(H,22,27). The highest BCUT2D eigenvalue weighted by molar-refractivity contribution is 5.89. The van der Waals surface area contributed by atoms with E-state index in [0.717, 1.165) is 31.6 Å². The quantitative estimate of drug-likeness (QED) is 0.868. The first kappa shape index (κ1) is 19.7. The summed E-state index contributed by atoms with van der Waals surface area (Å²) in [6, 6.07) is 8.02. The molecule has 3 rings (SSSR count). The van der Waals surface area contributed by atoms with Gasteiger partial charge in [-0.15, -0.1) is 0 Å². The van der Waals surface area contributed by atoms with Gasteiger partial charge in [0.15, 0.2) is 0 Å². The van der Waals surface area contributed by atoms with Crippen LogP contribution in [0.5, 0.6) is 0 Å². The fourth-order valence-electron chi connectivity index (χ4n) is 4.09. The highest BCUT2D eigenvalue weighted by Gasteiger charge is 2.42. The Labute approximate surface area is 162 Å². The van der Waals surface area contributed by atoms with Crippen molar-refractivity contribution < 1.29 is 9.59 Å². The smallest absolute Gasteiger partial charge is 0.321 e. The number of nitrogens with zero attached hydrogens (tertiary/aromatic N) is 3. The number of piperazine rings is 1. The fraction of sp³-hybridized carbons (Fsp3) is 0.619. The summed E-state index contributed by atoms with van der Waals surface area (Å²) in [5.41, 5.74) is 1.98. The number of carbonyl (C=O) groups is 2. The highest BCUT2D eigenvalue weighted by Crippen LogP contribution is 2.32. The number of likely N-dealkylation sites (N-methyl/N-ethyl adjacent to an activating group) is 1. The first-order valence-corrected chi connectivity index (χ1v) is 9.92. The summed E-state index contributed by atoms with van der Waals surface area (Å²) >= 11 is 0. The molecule has 1 aromatic carbocycles. The summed E-state index contributed by atoms with van der Waals surface area (Å²) in [4.78, 5) is 31.0. The molecule has 1 aromatic rings. The number of likely N-dealkylation sites (tertiary alicyclic amines) is 1. The number of hydrogen-bond acceptors (Lipinski definition) is 3. The predicted molar refractivity (Wildman–Crippen MR) is 108 cm³/mol. The van der Waals surface area contributed by atoms with Crippen LogP contribution in [0.2, 0.25) is 0 Å². The normalized spacial score (nSPS) is 24.4. The zero-order chi connectivity index (χ0) is 19.6. The van der Waals surface area contributed by atoms with Gasteiger partial charge >= 0.3 is 6.03 Å². The van der Waals surface area contributed by atoms with Crippen molar-refractivity contribution in [1.82, 2.24) is 14.7 Å². The molecular weight excluding hydrogens is 340 g/mol. The third kappa shape index (κ3) is 4.26. The molecule has 1 spiro atoms. The Morgan fingerprint density at radius 3 is 2.44 bits per heavy atom. The van der Waals surface area contributed by atoms with Crippen LogP contribution in [0.4, 0.5) is 10.5 Å². The van der Waals surface area contributed by atoms with E-state index in [4.69, 9.17) is 0 Å². The molecule has 1 atom stereocenters. The van der Waals surface area contributed by atoms with Gasteiger partial charge in [0.05, 0.1) is 0 Å². The van der Waals surface area contributed by atoms with Gasteiger partial charge in [0, 0.05) is 50.9 Å². The molecule has 27 heavy (non-hydrogen) atoms. The van der Waals surface area contributed by atoms with Crippen LogP contribution in [-0.2, 0) is 4.79 Å². The number of hydrogen-bond donors (Lipinski definition) is 1.